The molecule has 2 rings (SSSR count). The molecule has 0 atom stereocenters. The summed E-state index contributed by atoms with van der Waals surface area (Å²) in [4.78, 5) is 14.5. The van der Waals surface area contributed by atoms with Gasteiger partial charge in [-0.1, -0.05) is 30.5 Å². The molecule has 3 nitrogen and oxygen atoms in total. The lowest BCUT2D eigenvalue weighted by Crippen LogP contribution is -2.38. The van der Waals surface area contributed by atoms with E-state index in [4.69, 9.17) is 17.3 Å². The molecule has 0 unspecified atom stereocenters. The highest BCUT2D eigenvalue weighted by Gasteiger charge is 2.26. The van der Waals surface area contributed by atoms with Crippen molar-refractivity contribution in [1.29, 1.82) is 0 Å². The van der Waals surface area contributed by atoms with Crippen molar-refractivity contribution >= 4 is 23.2 Å². The van der Waals surface area contributed by atoms with Crippen molar-refractivity contribution in [3.05, 3.63) is 41.4 Å². The third-order valence-electron chi connectivity index (χ3n) is 3.60. The Labute approximate surface area is 119 Å². The lowest BCUT2D eigenvalue weighted by atomic mass is 10.1. The smallest absolute Gasteiger partial charge is 0.254 e. The Balaban J connectivity index is 2.22. The number of nitrogen functional groups attached to an aromatic ring is 1. The molecule has 0 heterocycles. The maximum atomic E-state index is 12.6. The van der Waals surface area contributed by atoms with Gasteiger partial charge in [-0.3, -0.25) is 4.79 Å². The van der Waals surface area contributed by atoms with Crippen LogP contribution < -0.4 is 5.73 Å². The van der Waals surface area contributed by atoms with Crippen molar-refractivity contribution in [2.75, 3.05) is 12.3 Å². The van der Waals surface area contributed by atoms with Gasteiger partial charge in [0.25, 0.3) is 5.91 Å². The summed E-state index contributed by atoms with van der Waals surface area (Å²) in [6.45, 7) is 4.31. The Morgan fingerprint density at radius 2 is 2.16 bits per heavy atom. The van der Waals surface area contributed by atoms with Crippen LogP contribution >= 0.6 is 11.6 Å². The number of halogens is 1. The maximum Gasteiger partial charge on any atom is 0.254 e. The second-order valence-electron chi connectivity index (χ2n) is 4.92. The molecule has 0 aliphatic heterocycles. The van der Waals surface area contributed by atoms with E-state index in [0.29, 0.717) is 28.9 Å². The third kappa shape index (κ3) is 3.10. The third-order valence-corrected chi connectivity index (χ3v) is 3.93. The fourth-order valence-electron chi connectivity index (χ4n) is 2.58. The number of hydrogen-bond donors (Lipinski definition) is 1. The molecule has 1 fully saturated rings. The molecule has 1 aromatic carbocycles. The van der Waals surface area contributed by atoms with Crippen LogP contribution in [0, 0.1) is 0 Å². The molecule has 0 spiro atoms. The van der Waals surface area contributed by atoms with Crippen LogP contribution in [0.25, 0.3) is 0 Å². The first kappa shape index (κ1) is 13.9. The summed E-state index contributed by atoms with van der Waals surface area (Å²) in [5.74, 6) is 0.00806. The lowest BCUT2D eigenvalue weighted by Gasteiger charge is -2.28. The number of amides is 1. The van der Waals surface area contributed by atoms with E-state index in [0.717, 1.165) is 12.8 Å². The summed E-state index contributed by atoms with van der Waals surface area (Å²) in [6, 6.07) is 5.37. The fourth-order valence-corrected chi connectivity index (χ4v) is 2.76. The van der Waals surface area contributed by atoms with Gasteiger partial charge in [-0.2, -0.15) is 0 Å². The molecule has 1 aromatic rings. The molecule has 19 heavy (non-hydrogen) atoms. The zero-order valence-electron chi connectivity index (χ0n) is 10.9. The maximum absolute atomic E-state index is 12.6. The van der Waals surface area contributed by atoms with Crippen LogP contribution in [0.2, 0.25) is 5.02 Å². The number of anilines is 1. The minimum Gasteiger partial charge on any atom is -0.398 e. The number of hydrogen-bond acceptors (Lipinski definition) is 2. The Morgan fingerprint density at radius 1 is 1.47 bits per heavy atom. The summed E-state index contributed by atoms with van der Waals surface area (Å²) in [6.07, 6.45) is 6.29. The Kier molecular flexibility index (Phi) is 4.48. The van der Waals surface area contributed by atoms with Crippen LogP contribution in [0.4, 0.5) is 5.69 Å². The van der Waals surface area contributed by atoms with Crippen LogP contribution in [-0.2, 0) is 0 Å². The van der Waals surface area contributed by atoms with E-state index in [1.807, 2.05) is 4.90 Å². The number of carbonyl (C=O) groups is 1. The molecule has 2 N–H and O–H groups in total. The summed E-state index contributed by atoms with van der Waals surface area (Å²) in [5, 5.41) is 0.427. The second kappa shape index (κ2) is 6.11. The van der Waals surface area contributed by atoms with E-state index < -0.39 is 0 Å². The van der Waals surface area contributed by atoms with Crippen LogP contribution in [0.1, 0.15) is 36.0 Å². The molecule has 0 bridgehead atoms. The van der Waals surface area contributed by atoms with Crippen molar-refractivity contribution in [3.63, 3.8) is 0 Å². The van der Waals surface area contributed by atoms with E-state index in [9.17, 15) is 4.79 Å². The van der Waals surface area contributed by atoms with E-state index in [1.165, 1.54) is 12.8 Å². The van der Waals surface area contributed by atoms with Crippen molar-refractivity contribution in [2.24, 2.45) is 0 Å². The molecule has 0 saturated heterocycles. The summed E-state index contributed by atoms with van der Waals surface area (Å²) in [7, 11) is 0. The van der Waals surface area contributed by atoms with Gasteiger partial charge in [0.1, 0.15) is 0 Å². The molecule has 0 radical (unpaired) electrons. The van der Waals surface area contributed by atoms with Crippen molar-refractivity contribution in [1.82, 2.24) is 4.90 Å². The molecule has 1 amide bonds. The summed E-state index contributed by atoms with van der Waals surface area (Å²) < 4.78 is 0. The number of nitrogens with zero attached hydrogens (tertiary/aromatic N) is 1. The van der Waals surface area contributed by atoms with Gasteiger partial charge in [0.2, 0.25) is 0 Å². The Morgan fingerprint density at radius 3 is 2.74 bits per heavy atom. The van der Waals surface area contributed by atoms with Gasteiger partial charge in [-0.05, 0) is 31.0 Å². The first-order chi connectivity index (χ1) is 9.13. The molecule has 0 aromatic heterocycles. The number of nitrogens with two attached hydrogens (primary N) is 1. The molecular formula is C15H19ClN2O. The quantitative estimate of drug-likeness (QED) is 0.677. The van der Waals surface area contributed by atoms with Crippen LogP contribution in [0.5, 0.6) is 0 Å². The van der Waals surface area contributed by atoms with E-state index in [-0.39, 0.29) is 5.91 Å². The highest BCUT2D eigenvalue weighted by atomic mass is 35.5. The van der Waals surface area contributed by atoms with Crippen molar-refractivity contribution in [2.45, 2.75) is 31.7 Å². The number of benzene rings is 1. The van der Waals surface area contributed by atoms with Gasteiger partial charge >= 0.3 is 0 Å². The van der Waals surface area contributed by atoms with E-state index in [1.54, 1.807) is 24.3 Å². The highest BCUT2D eigenvalue weighted by Crippen LogP contribution is 2.26. The number of carbonyl (C=O) groups excluding carboxylic acids is 1. The topological polar surface area (TPSA) is 46.3 Å². The molecule has 1 saturated carbocycles. The van der Waals surface area contributed by atoms with Crippen molar-refractivity contribution < 1.29 is 4.79 Å². The zero-order chi connectivity index (χ0) is 13.8. The van der Waals surface area contributed by atoms with Gasteiger partial charge < -0.3 is 10.6 Å². The predicted molar refractivity (Wildman–Crippen MR) is 79.4 cm³/mol. The minimum absolute atomic E-state index is 0.00806. The Bertz CT molecular complexity index is 481. The SMILES string of the molecule is C=CCN(C(=O)c1ccc(N)c(Cl)c1)C1CCCC1. The van der Waals surface area contributed by atoms with Gasteiger partial charge in [-0.25, -0.2) is 0 Å². The van der Waals surface area contributed by atoms with Gasteiger partial charge in [0, 0.05) is 18.2 Å². The Hall–Kier alpha value is -1.48. The molecule has 1 aliphatic carbocycles. The van der Waals surface area contributed by atoms with Gasteiger partial charge in [0.05, 0.1) is 10.7 Å². The monoisotopic (exact) mass is 278 g/mol. The normalized spacial score (nSPS) is 15.4. The van der Waals surface area contributed by atoms with Crippen LogP contribution in [-0.4, -0.2) is 23.4 Å². The van der Waals surface area contributed by atoms with Gasteiger partial charge in [0.15, 0.2) is 0 Å². The number of rotatable bonds is 4. The summed E-state index contributed by atoms with van der Waals surface area (Å²) in [5.41, 5.74) is 6.76. The predicted octanol–water partition coefficient (Wildman–Crippen LogP) is 3.49. The average Bonchev–Trinajstić information content (AvgIpc) is 2.92. The highest BCUT2D eigenvalue weighted by molar-refractivity contribution is 6.33. The minimum atomic E-state index is 0.00806. The lowest BCUT2D eigenvalue weighted by molar-refractivity contribution is 0.0706. The van der Waals surface area contributed by atoms with Crippen molar-refractivity contribution in [3.8, 4) is 0 Å². The van der Waals surface area contributed by atoms with Crippen LogP contribution in [0.15, 0.2) is 30.9 Å². The molecule has 4 heteroatoms. The second-order valence-corrected chi connectivity index (χ2v) is 5.33. The summed E-state index contributed by atoms with van der Waals surface area (Å²) >= 11 is 5.98. The molecule has 1 aliphatic rings. The fraction of sp³-hybridized carbons (Fsp3) is 0.400. The van der Waals surface area contributed by atoms with E-state index >= 15 is 0 Å². The average molecular weight is 279 g/mol. The molecule has 102 valence electrons. The zero-order valence-corrected chi connectivity index (χ0v) is 11.7. The largest absolute Gasteiger partial charge is 0.398 e. The van der Waals surface area contributed by atoms with Gasteiger partial charge in [-0.15, -0.1) is 6.58 Å². The standard InChI is InChI=1S/C15H19ClN2O/c1-2-9-18(12-5-3-4-6-12)15(19)11-7-8-14(17)13(16)10-11/h2,7-8,10,12H,1,3-6,9,17H2. The van der Waals surface area contributed by atoms with E-state index in [2.05, 4.69) is 6.58 Å². The first-order valence-corrected chi connectivity index (χ1v) is 6.98. The van der Waals surface area contributed by atoms with Crippen LogP contribution in [0.3, 0.4) is 0 Å². The first-order valence-electron chi connectivity index (χ1n) is 6.60. The molecular weight excluding hydrogens is 260 g/mol.